The maximum atomic E-state index is 12.4. The van der Waals surface area contributed by atoms with Gasteiger partial charge in [0.1, 0.15) is 5.75 Å². The van der Waals surface area contributed by atoms with Crippen molar-refractivity contribution in [2.75, 3.05) is 19.8 Å². The average molecular weight is 342 g/mol. The largest absolute Gasteiger partial charge is 0.482 e. The molecule has 0 amide bonds. The summed E-state index contributed by atoms with van der Waals surface area (Å²) in [4.78, 5) is 24.0. The molecular formula is C20H22O5. The van der Waals surface area contributed by atoms with Crippen LogP contribution in [0.2, 0.25) is 0 Å². The highest BCUT2D eigenvalue weighted by Gasteiger charge is 2.10. The molecule has 0 atom stereocenters. The van der Waals surface area contributed by atoms with Crippen LogP contribution in [0, 0.1) is 0 Å². The maximum absolute atomic E-state index is 12.4. The molecule has 0 aliphatic rings. The predicted molar refractivity (Wildman–Crippen MR) is 93.7 cm³/mol. The van der Waals surface area contributed by atoms with E-state index in [9.17, 15) is 9.59 Å². The first kappa shape index (κ1) is 18.7. The van der Waals surface area contributed by atoms with Gasteiger partial charge in [-0.1, -0.05) is 42.5 Å². The van der Waals surface area contributed by atoms with E-state index in [-0.39, 0.29) is 19.0 Å². The van der Waals surface area contributed by atoms with Gasteiger partial charge in [0.15, 0.2) is 12.4 Å². The Hall–Kier alpha value is -2.66. The summed E-state index contributed by atoms with van der Waals surface area (Å²) in [5.74, 6) is -0.111. The number of benzene rings is 2. The third-order valence-corrected chi connectivity index (χ3v) is 3.55. The molecule has 0 aromatic heterocycles. The zero-order valence-electron chi connectivity index (χ0n) is 14.0. The topological polar surface area (TPSA) is 72.8 Å². The van der Waals surface area contributed by atoms with Crippen molar-refractivity contribution in [3.63, 3.8) is 0 Å². The average Bonchev–Trinajstić information content (AvgIpc) is 2.66. The molecular weight excluding hydrogens is 320 g/mol. The molecule has 0 spiro atoms. The predicted octanol–water partition coefficient (Wildman–Crippen LogP) is 3.00. The van der Waals surface area contributed by atoms with E-state index in [2.05, 4.69) is 0 Å². The van der Waals surface area contributed by atoms with Gasteiger partial charge in [-0.2, -0.15) is 0 Å². The van der Waals surface area contributed by atoms with Crippen molar-refractivity contribution in [1.29, 1.82) is 0 Å². The molecule has 2 aromatic rings. The standard InChI is InChI=1S/C20H22O5/c21-12-5-2-6-13-24-19(22)15-25-18-11-7-10-17(14-18)20(23)16-8-3-1-4-9-16/h1,3-4,7-11,14,21H,2,5-6,12-13,15H2. The molecule has 0 bridgehead atoms. The van der Waals surface area contributed by atoms with Crippen LogP contribution in [0.5, 0.6) is 5.75 Å². The van der Waals surface area contributed by atoms with E-state index in [4.69, 9.17) is 14.6 Å². The van der Waals surface area contributed by atoms with Gasteiger partial charge in [-0.25, -0.2) is 4.79 Å². The molecule has 5 heteroatoms. The lowest BCUT2D eigenvalue weighted by Crippen LogP contribution is -2.15. The first-order valence-corrected chi connectivity index (χ1v) is 8.30. The minimum absolute atomic E-state index is 0.0995. The van der Waals surface area contributed by atoms with Gasteiger partial charge >= 0.3 is 5.97 Å². The molecule has 0 aliphatic carbocycles. The lowest BCUT2D eigenvalue weighted by molar-refractivity contribution is -0.146. The van der Waals surface area contributed by atoms with E-state index < -0.39 is 5.97 Å². The molecule has 0 saturated heterocycles. The second-order valence-corrected chi connectivity index (χ2v) is 5.52. The molecule has 0 aliphatic heterocycles. The number of carbonyl (C=O) groups is 2. The van der Waals surface area contributed by atoms with Gasteiger partial charge in [-0.15, -0.1) is 0 Å². The summed E-state index contributed by atoms with van der Waals surface area (Å²) in [5, 5.41) is 8.67. The van der Waals surface area contributed by atoms with Crippen LogP contribution in [0.1, 0.15) is 35.2 Å². The van der Waals surface area contributed by atoms with E-state index in [0.29, 0.717) is 36.3 Å². The number of aliphatic hydroxyl groups is 1. The van der Waals surface area contributed by atoms with Crippen LogP contribution in [-0.2, 0) is 9.53 Å². The van der Waals surface area contributed by atoms with Gasteiger partial charge in [-0.3, -0.25) is 4.79 Å². The van der Waals surface area contributed by atoms with Crippen molar-refractivity contribution in [1.82, 2.24) is 0 Å². The molecule has 132 valence electrons. The van der Waals surface area contributed by atoms with Gasteiger partial charge in [-0.05, 0) is 31.4 Å². The minimum atomic E-state index is -0.455. The Morgan fingerprint density at radius 2 is 1.64 bits per heavy atom. The van der Waals surface area contributed by atoms with E-state index >= 15 is 0 Å². The number of unbranched alkanes of at least 4 members (excludes halogenated alkanes) is 2. The van der Waals surface area contributed by atoms with E-state index in [1.54, 1.807) is 36.4 Å². The van der Waals surface area contributed by atoms with Gasteiger partial charge in [0.2, 0.25) is 0 Å². The lowest BCUT2D eigenvalue weighted by Gasteiger charge is -2.08. The number of carbonyl (C=O) groups excluding carboxylic acids is 2. The van der Waals surface area contributed by atoms with Crippen LogP contribution in [0.3, 0.4) is 0 Å². The second kappa shape index (κ2) is 10.3. The highest BCUT2D eigenvalue weighted by Crippen LogP contribution is 2.16. The summed E-state index contributed by atoms with van der Waals surface area (Å²) in [7, 11) is 0. The Morgan fingerprint density at radius 1 is 0.880 bits per heavy atom. The molecule has 0 fully saturated rings. The summed E-state index contributed by atoms with van der Waals surface area (Å²) >= 11 is 0. The van der Waals surface area contributed by atoms with Crippen molar-refractivity contribution in [3.05, 3.63) is 65.7 Å². The summed E-state index contributed by atoms with van der Waals surface area (Å²) < 4.78 is 10.5. The van der Waals surface area contributed by atoms with Crippen LogP contribution in [-0.4, -0.2) is 36.7 Å². The quantitative estimate of drug-likeness (QED) is 0.408. The number of ketones is 1. The van der Waals surface area contributed by atoms with E-state index in [1.807, 2.05) is 18.2 Å². The molecule has 0 radical (unpaired) electrons. The minimum Gasteiger partial charge on any atom is -0.482 e. The van der Waals surface area contributed by atoms with Crippen LogP contribution in [0.4, 0.5) is 0 Å². The van der Waals surface area contributed by atoms with Crippen molar-refractivity contribution in [2.24, 2.45) is 0 Å². The number of rotatable bonds is 10. The van der Waals surface area contributed by atoms with Gasteiger partial charge < -0.3 is 14.6 Å². The Bertz CT molecular complexity index is 681. The number of ether oxygens (including phenoxy) is 2. The molecule has 2 rings (SSSR count). The molecule has 25 heavy (non-hydrogen) atoms. The lowest BCUT2D eigenvalue weighted by atomic mass is 10.0. The maximum Gasteiger partial charge on any atom is 0.344 e. The van der Waals surface area contributed by atoms with Crippen LogP contribution in [0.15, 0.2) is 54.6 Å². The van der Waals surface area contributed by atoms with Crippen molar-refractivity contribution in [2.45, 2.75) is 19.3 Å². The summed E-state index contributed by atoms with van der Waals surface area (Å²) in [5.41, 5.74) is 1.10. The van der Waals surface area contributed by atoms with Crippen LogP contribution >= 0.6 is 0 Å². The van der Waals surface area contributed by atoms with Gasteiger partial charge in [0, 0.05) is 17.7 Å². The fourth-order valence-electron chi connectivity index (χ4n) is 2.24. The molecule has 1 N–H and O–H groups in total. The molecule has 0 unspecified atom stereocenters. The van der Waals surface area contributed by atoms with E-state index in [0.717, 1.165) is 6.42 Å². The Kier molecular flexibility index (Phi) is 7.66. The Balaban J connectivity index is 1.83. The highest BCUT2D eigenvalue weighted by atomic mass is 16.6. The van der Waals surface area contributed by atoms with E-state index in [1.165, 1.54) is 0 Å². The van der Waals surface area contributed by atoms with Crippen molar-refractivity contribution in [3.8, 4) is 5.75 Å². The fraction of sp³-hybridized carbons (Fsp3) is 0.300. The zero-order chi connectivity index (χ0) is 17.9. The number of hydrogen-bond donors (Lipinski definition) is 1. The molecule has 2 aromatic carbocycles. The zero-order valence-corrected chi connectivity index (χ0v) is 14.0. The smallest absolute Gasteiger partial charge is 0.344 e. The van der Waals surface area contributed by atoms with Crippen LogP contribution < -0.4 is 4.74 Å². The van der Waals surface area contributed by atoms with Crippen molar-refractivity contribution < 1.29 is 24.2 Å². The first-order valence-electron chi connectivity index (χ1n) is 8.30. The molecule has 0 saturated carbocycles. The number of aliphatic hydroxyl groups excluding tert-OH is 1. The molecule has 5 nitrogen and oxygen atoms in total. The van der Waals surface area contributed by atoms with Crippen LogP contribution in [0.25, 0.3) is 0 Å². The third kappa shape index (κ3) is 6.39. The molecule has 0 heterocycles. The number of hydrogen-bond acceptors (Lipinski definition) is 5. The van der Waals surface area contributed by atoms with Gasteiger partial charge in [0.25, 0.3) is 0 Å². The second-order valence-electron chi connectivity index (χ2n) is 5.52. The summed E-state index contributed by atoms with van der Waals surface area (Å²) in [6, 6.07) is 15.7. The number of esters is 1. The van der Waals surface area contributed by atoms with Crippen molar-refractivity contribution >= 4 is 11.8 Å². The summed E-state index contributed by atoms with van der Waals surface area (Å²) in [6.07, 6.45) is 2.23. The van der Waals surface area contributed by atoms with Gasteiger partial charge in [0.05, 0.1) is 6.61 Å². The highest BCUT2D eigenvalue weighted by molar-refractivity contribution is 6.09. The first-order chi connectivity index (χ1) is 12.2. The Labute approximate surface area is 147 Å². The normalized spacial score (nSPS) is 10.3. The summed E-state index contributed by atoms with van der Waals surface area (Å²) in [6.45, 7) is 0.257. The SMILES string of the molecule is O=C(COc1cccc(C(=O)c2ccccc2)c1)OCCCCCO. The monoisotopic (exact) mass is 342 g/mol. The fourth-order valence-corrected chi connectivity index (χ4v) is 2.24. The Morgan fingerprint density at radius 3 is 2.40 bits per heavy atom. The third-order valence-electron chi connectivity index (χ3n) is 3.55.